The summed E-state index contributed by atoms with van der Waals surface area (Å²) in [4.78, 5) is 7.00. The quantitative estimate of drug-likeness (QED) is 0.531. The van der Waals surface area contributed by atoms with E-state index in [2.05, 4.69) is 51.8 Å². The van der Waals surface area contributed by atoms with E-state index in [1.54, 1.807) is 7.11 Å². The van der Waals surface area contributed by atoms with Crippen molar-refractivity contribution >= 4 is 17.3 Å². The standard InChI is InChI=1S/C23H32N4OS/c1-16-15-19(17(2)27(16)18-9-4-5-10-18)22-21(20-11-6-7-12-24-20)25-23(29)26(22)13-8-14-28-3/h6-7,11-12,15,18,21-22H,4-5,8-10,13-14H2,1-3H3,(H,25,29)/t21-,22+/m0/s1. The maximum absolute atomic E-state index is 5.77. The third-order valence-electron chi connectivity index (χ3n) is 6.48. The first-order valence-electron chi connectivity index (χ1n) is 10.8. The summed E-state index contributed by atoms with van der Waals surface area (Å²) in [6, 6.07) is 9.35. The summed E-state index contributed by atoms with van der Waals surface area (Å²) in [7, 11) is 1.75. The predicted molar refractivity (Wildman–Crippen MR) is 120 cm³/mol. The molecular formula is C23H32N4OS. The molecule has 2 aliphatic rings. The van der Waals surface area contributed by atoms with Crippen LogP contribution in [0.2, 0.25) is 0 Å². The van der Waals surface area contributed by atoms with Gasteiger partial charge in [-0.05, 0) is 69.1 Å². The molecule has 29 heavy (non-hydrogen) atoms. The van der Waals surface area contributed by atoms with Crippen molar-refractivity contribution in [3.05, 3.63) is 53.1 Å². The summed E-state index contributed by atoms with van der Waals surface area (Å²) in [5.74, 6) is 0. The van der Waals surface area contributed by atoms with E-state index in [1.807, 2.05) is 12.3 Å². The molecule has 6 heteroatoms. The molecule has 2 atom stereocenters. The molecule has 0 bridgehead atoms. The molecule has 1 saturated heterocycles. The van der Waals surface area contributed by atoms with Crippen LogP contribution in [0.5, 0.6) is 0 Å². The summed E-state index contributed by atoms with van der Waals surface area (Å²) >= 11 is 5.77. The normalized spacial score (nSPS) is 22.4. The lowest BCUT2D eigenvalue weighted by molar-refractivity contribution is 0.180. The van der Waals surface area contributed by atoms with E-state index in [1.165, 1.54) is 42.6 Å². The summed E-state index contributed by atoms with van der Waals surface area (Å²) < 4.78 is 7.87. The van der Waals surface area contributed by atoms with Crippen LogP contribution < -0.4 is 5.32 Å². The number of hydrogen-bond acceptors (Lipinski definition) is 3. The molecule has 0 radical (unpaired) electrons. The Bertz CT molecular complexity index is 844. The van der Waals surface area contributed by atoms with Crippen LogP contribution in [0.3, 0.4) is 0 Å². The first kappa shape index (κ1) is 20.4. The Morgan fingerprint density at radius 2 is 2.03 bits per heavy atom. The average Bonchev–Trinajstić information content (AvgIpc) is 3.42. The maximum atomic E-state index is 5.77. The van der Waals surface area contributed by atoms with Crippen molar-refractivity contribution in [2.75, 3.05) is 20.3 Å². The van der Waals surface area contributed by atoms with Gasteiger partial charge in [-0.2, -0.15) is 0 Å². The largest absolute Gasteiger partial charge is 0.385 e. The number of aryl methyl sites for hydroxylation is 1. The van der Waals surface area contributed by atoms with E-state index in [0.29, 0.717) is 6.04 Å². The van der Waals surface area contributed by atoms with Crippen molar-refractivity contribution < 1.29 is 4.74 Å². The second-order valence-corrected chi connectivity index (χ2v) is 8.69. The predicted octanol–water partition coefficient (Wildman–Crippen LogP) is 4.62. The highest BCUT2D eigenvalue weighted by molar-refractivity contribution is 7.80. The lowest BCUT2D eigenvalue weighted by Crippen LogP contribution is -2.31. The molecule has 1 aliphatic heterocycles. The van der Waals surface area contributed by atoms with E-state index in [0.717, 1.165) is 30.4 Å². The average molecular weight is 413 g/mol. The first-order valence-corrected chi connectivity index (χ1v) is 11.2. The van der Waals surface area contributed by atoms with E-state index < -0.39 is 0 Å². The molecule has 156 valence electrons. The van der Waals surface area contributed by atoms with Gasteiger partial charge in [0.2, 0.25) is 0 Å². The smallest absolute Gasteiger partial charge is 0.170 e. The Kier molecular flexibility index (Phi) is 6.20. The van der Waals surface area contributed by atoms with E-state index in [9.17, 15) is 0 Å². The molecule has 4 rings (SSSR count). The molecule has 0 spiro atoms. The Hall–Kier alpha value is -1.92. The zero-order valence-electron chi connectivity index (χ0n) is 17.7. The van der Waals surface area contributed by atoms with Gasteiger partial charge in [0.15, 0.2) is 5.11 Å². The van der Waals surface area contributed by atoms with Gasteiger partial charge in [-0.25, -0.2) is 0 Å². The molecule has 0 unspecified atom stereocenters. The van der Waals surface area contributed by atoms with Crippen molar-refractivity contribution in [1.29, 1.82) is 0 Å². The zero-order valence-corrected chi connectivity index (χ0v) is 18.5. The molecule has 1 aliphatic carbocycles. The summed E-state index contributed by atoms with van der Waals surface area (Å²) in [6.07, 6.45) is 8.08. The van der Waals surface area contributed by atoms with Gasteiger partial charge < -0.3 is 19.5 Å². The fourth-order valence-electron chi connectivity index (χ4n) is 5.19. The van der Waals surface area contributed by atoms with Crippen LogP contribution >= 0.6 is 12.2 Å². The number of ether oxygens (including phenoxy) is 1. The van der Waals surface area contributed by atoms with Crippen molar-refractivity contribution in [2.45, 2.75) is 64.1 Å². The van der Waals surface area contributed by atoms with E-state index in [4.69, 9.17) is 17.0 Å². The van der Waals surface area contributed by atoms with Crippen molar-refractivity contribution in [3.63, 3.8) is 0 Å². The van der Waals surface area contributed by atoms with Crippen LogP contribution in [0.25, 0.3) is 0 Å². The third-order valence-corrected chi connectivity index (χ3v) is 6.83. The van der Waals surface area contributed by atoms with Crippen LogP contribution in [0.15, 0.2) is 30.5 Å². The van der Waals surface area contributed by atoms with Gasteiger partial charge in [-0.3, -0.25) is 4.98 Å². The third kappa shape index (κ3) is 3.92. The van der Waals surface area contributed by atoms with Crippen molar-refractivity contribution in [1.82, 2.24) is 19.8 Å². The van der Waals surface area contributed by atoms with Gasteiger partial charge in [0, 0.05) is 43.9 Å². The van der Waals surface area contributed by atoms with Crippen LogP contribution in [-0.2, 0) is 4.74 Å². The topological polar surface area (TPSA) is 42.3 Å². The molecular weight excluding hydrogens is 380 g/mol. The van der Waals surface area contributed by atoms with Gasteiger partial charge in [-0.15, -0.1) is 0 Å². The lowest BCUT2D eigenvalue weighted by atomic mass is 9.96. The molecule has 0 aromatic carbocycles. The van der Waals surface area contributed by atoms with Gasteiger partial charge in [0.05, 0.1) is 17.8 Å². The molecule has 2 aromatic heterocycles. The number of pyridine rings is 1. The second kappa shape index (κ2) is 8.84. The zero-order chi connectivity index (χ0) is 20.4. The number of thiocarbonyl (C=S) groups is 1. The minimum atomic E-state index is 0.0590. The highest BCUT2D eigenvalue weighted by Crippen LogP contribution is 2.42. The molecule has 2 fully saturated rings. The van der Waals surface area contributed by atoms with Gasteiger partial charge in [0.1, 0.15) is 0 Å². The van der Waals surface area contributed by atoms with Gasteiger partial charge >= 0.3 is 0 Å². The maximum Gasteiger partial charge on any atom is 0.170 e. The first-order chi connectivity index (χ1) is 14.1. The number of nitrogens with zero attached hydrogens (tertiary/aromatic N) is 3. The summed E-state index contributed by atoms with van der Waals surface area (Å²) in [5, 5.41) is 4.38. The van der Waals surface area contributed by atoms with Crippen LogP contribution in [0.1, 0.15) is 72.9 Å². The molecule has 5 nitrogen and oxygen atoms in total. The Morgan fingerprint density at radius 1 is 1.24 bits per heavy atom. The fourth-order valence-corrected chi connectivity index (χ4v) is 5.52. The monoisotopic (exact) mass is 412 g/mol. The minimum Gasteiger partial charge on any atom is -0.385 e. The van der Waals surface area contributed by atoms with Crippen LogP contribution in [0, 0.1) is 13.8 Å². The molecule has 1 N–H and O–H groups in total. The SMILES string of the molecule is COCCCN1C(=S)N[C@@H](c2ccccn2)[C@H]1c1cc(C)n(C2CCCC2)c1C. The highest BCUT2D eigenvalue weighted by atomic mass is 32.1. The molecule has 3 heterocycles. The summed E-state index contributed by atoms with van der Waals surface area (Å²) in [5.41, 5.74) is 5.15. The second-order valence-electron chi connectivity index (χ2n) is 8.30. The van der Waals surface area contributed by atoms with E-state index >= 15 is 0 Å². The van der Waals surface area contributed by atoms with Crippen molar-refractivity contribution in [2.24, 2.45) is 0 Å². The number of rotatable bonds is 7. The Balaban J connectivity index is 1.73. The number of aromatic nitrogens is 2. The molecule has 0 amide bonds. The number of hydrogen-bond donors (Lipinski definition) is 1. The highest BCUT2D eigenvalue weighted by Gasteiger charge is 2.41. The Morgan fingerprint density at radius 3 is 2.72 bits per heavy atom. The van der Waals surface area contributed by atoms with Gasteiger partial charge in [0.25, 0.3) is 0 Å². The molecule has 1 saturated carbocycles. The van der Waals surface area contributed by atoms with Crippen LogP contribution in [-0.4, -0.2) is 39.8 Å². The lowest BCUT2D eigenvalue weighted by Gasteiger charge is -2.28. The van der Waals surface area contributed by atoms with Crippen molar-refractivity contribution in [3.8, 4) is 0 Å². The Labute approximate surface area is 179 Å². The minimum absolute atomic E-state index is 0.0590. The van der Waals surface area contributed by atoms with Gasteiger partial charge in [-0.1, -0.05) is 18.9 Å². The number of nitrogens with one attached hydrogen (secondary N) is 1. The molecule has 2 aromatic rings. The van der Waals surface area contributed by atoms with E-state index in [-0.39, 0.29) is 12.1 Å². The summed E-state index contributed by atoms with van der Waals surface area (Å²) in [6.45, 7) is 6.15. The fraction of sp³-hybridized carbons (Fsp3) is 0.565. The van der Waals surface area contributed by atoms with Crippen LogP contribution in [0.4, 0.5) is 0 Å². The number of methoxy groups -OCH3 is 1.